The SMILES string of the molecule is CCC(C)c1csc2nc(CC(C)CC(=O)O)[nH]c(=O)c12. The molecule has 0 radical (unpaired) electrons. The highest BCUT2D eigenvalue weighted by Crippen LogP contribution is 2.29. The van der Waals surface area contributed by atoms with Crippen molar-refractivity contribution in [2.75, 3.05) is 0 Å². The van der Waals surface area contributed by atoms with Gasteiger partial charge in [0.05, 0.1) is 5.39 Å². The average molecular weight is 308 g/mol. The molecule has 0 aliphatic carbocycles. The second kappa shape index (κ2) is 6.39. The van der Waals surface area contributed by atoms with E-state index in [1.165, 1.54) is 11.3 Å². The highest BCUT2D eigenvalue weighted by molar-refractivity contribution is 7.16. The lowest BCUT2D eigenvalue weighted by atomic mass is 9.99. The largest absolute Gasteiger partial charge is 0.481 e. The Morgan fingerprint density at radius 2 is 2.19 bits per heavy atom. The molecule has 0 bridgehead atoms. The number of aliphatic carboxylic acids is 1. The molecule has 114 valence electrons. The molecule has 21 heavy (non-hydrogen) atoms. The average Bonchev–Trinajstić information content (AvgIpc) is 2.81. The van der Waals surface area contributed by atoms with Gasteiger partial charge in [0.2, 0.25) is 0 Å². The van der Waals surface area contributed by atoms with Crippen LogP contribution in [0.15, 0.2) is 10.2 Å². The van der Waals surface area contributed by atoms with E-state index in [2.05, 4.69) is 23.8 Å². The van der Waals surface area contributed by atoms with Crippen LogP contribution >= 0.6 is 11.3 Å². The lowest BCUT2D eigenvalue weighted by Crippen LogP contribution is -2.16. The lowest BCUT2D eigenvalue weighted by molar-refractivity contribution is -0.137. The first kappa shape index (κ1) is 15.7. The van der Waals surface area contributed by atoms with Crippen LogP contribution in [0.25, 0.3) is 10.2 Å². The molecule has 0 aromatic carbocycles. The van der Waals surface area contributed by atoms with Crippen LogP contribution in [0.5, 0.6) is 0 Å². The molecule has 2 unspecified atom stereocenters. The number of fused-ring (bicyclic) bond motifs is 1. The van der Waals surface area contributed by atoms with Crippen molar-refractivity contribution in [3.8, 4) is 0 Å². The molecule has 2 aromatic rings. The van der Waals surface area contributed by atoms with E-state index >= 15 is 0 Å². The quantitative estimate of drug-likeness (QED) is 0.858. The van der Waals surface area contributed by atoms with Gasteiger partial charge in [-0.3, -0.25) is 9.59 Å². The van der Waals surface area contributed by atoms with Crippen LogP contribution in [0, 0.1) is 5.92 Å². The summed E-state index contributed by atoms with van der Waals surface area (Å²) in [6.45, 7) is 6.04. The standard InChI is InChI=1S/C15H20N2O3S/c1-4-9(3)10-7-21-15-13(10)14(20)16-11(17-15)5-8(2)6-12(18)19/h7-9H,4-6H2,1-3H3,(H,18,19)(H,16,17,20). The molecule has 2 heterocycles. The predicted octanol–water partition coefficient (Wildman–Crippen LogP) is 3.15. The van der Waals surface area contributed by atoms with Crippen LogP contribution in [0.2, 0.25) is 0 Å². The Kier molecular flexibility index (Phi) is 4.77. The van der Waals surface area contributed by atoms with Gasteiger partial charge >= 0.3 is 5.97 Å². The number of carboxylic acids is 1. The van der Waals surface area contributed by atoms with Crippen LogP contribution in [0.3, 0.4) is 0 Å². The summed E-state index contributed by atoms with van der Waals surface area (Å²) in [5.74, 6) is 0.00967. The number of nitrogens with one attached hydrogen (secondary N) is 1. The van der Waals surface area contributed by atoms with E-state index in [-0.39, 0.29) is 17.9 Å². The van der Waals surface area contributed by atoms with E-state index in [4.69, 9.17) is 5.11 Å². The lowest BCUT2D eigenvalue weighted by Gasteiger charge is -2.09. The number of hydrogen-bond acceptors (Lipinski definition) is 4. The van der Waals surface area contributed by atoms with Gasteiger partial charge in [-0.1, -0.05) is 20.8 Å². The zero-order chi connectivity index (χ0) is 15.6. The fraction of sp³-hybridized carbons (Fsp3) is 0.533. The minimum Gasteiger partial charge on any atom is -0.481 e. The number of thiophene rings is 1. The Labute approximate surface area is 127 Å². The highest BCUT2D eigenvalue weighted by atomic mass is 32.1. The smallest absolute Gasteiger partial charge is 0.303 e. The van der Waals surface area contributed by atoms with Crippen molar-refractivity contribution in [2.24, 2.45) is 5.92 Å². The van der Waals surface area contributed by atoms with E-state index in [1.807, 2.05) is 12.3 Å². The second-order valence-corrected chi connectivity index (χ2v) is 6.46. The number of carboxylic acid groups (broad SMARTS) is 1. The van der Waals surface area contributed by atoms with Crippen molar-refractivity contribution in [3.05, 3.63) is 27.1 Å². The first-order valence-electron chi connectivity index (χ1n) is 7.14. The number of hydrogen-bond donors (Lipinski definition) is 2. The Hall–Kier alpha value is -1.69. The van der Waals surface area contributed by atoms with Gasteiger partial charge in [0.25, 0.3) is 5.56 Å². The maximum absolute atomic E-state index is 12.3. The fourth-order valence-corrected chi connectivity index (χ4v) is 3.47. The van der Waals surface area contributed by atoms with E-state index in [1.54, 1.807) is 0 Å². The molecule has 0 aliphatic heterocycles. The van der Waals surface area contributed by atoms with E-state index in [0.717, 1.165) is 16.8 Å². The molecule has 0 spiro atoms. The molecular weight excluding hydrogens is 288 g/mol. The number of aromatic nitrogens is 2. The van der Waals surface area contributed by atoms with E-state index in [0.29, 0.717) is 23.5 Å². The molecule has 2 aromatic heterocycles. The van der Waals surface area contributed by atoms with Gasteiger partial charge in [0, 0.05) is 12.8 Å². The Morgan fingerprint density at radius 1 is 1.48 bits per heavy atom. The minimum atomic E-state index is -0.832. The molecule has 0 saturated carbocycles. The summed E-state index contributed by atoms with van der Waals surface area (Å²) >= 11 is 1.48. The van der Waals surface area contributed by atoms with Crippen LogP contribution in [-0.2, 0) is 11.2 Å². The number of aromatic amines is 1. The second-order valence-electron chi connectivity index (χ2n) is 5.60. The zero-order valence-electron chi connectivity index (χ0n) is 12.5. The van der Waals surface area contributed by atoms with Gasteiger partial charge in [0.15, 0.2) is 0 Å². The summed E-state index contributed by atoms with van der Waals surface area (Å²) in [6, 6.07) is 0. The molecular formula is C15H20N2O3S. The molecule has 0 amide bonds. The number of rotatable bonds is 6. The summed E-state index contributed by atoms with van der Waals surface area (Å²) < 4.78 is 0. The Balaban J connectivity index is 2.34. The Morgan fingerprint density at radius 3 is 2.81 bits per heavy atom. The molecule has 0 fully saturated rings. The molecule has 0 saturated heterocycles. The molecule has 2 N–H and O–H groups in total. The number of H-pyrrole nitrogens is 1. The third kappa shape index (κ3) is 3.50. The molecule has 2 rings (SSSR count). The predicted molar refractivity (Wildman–Crippen MR) is 84.1 cm³/mol. The van der Waals surface area contributed by atoms with Gasteiger partial charge < -0.3 is 10.1 Å². The summed E-state index contributed by atoms with van der Waals surface area (Å²) in [7, 11) is 0. The zero-order valence-corrected chi connectivity index (χ0v) is 13.3. The van der Waals surface area contributed by atoms with E-state index < -0.39 is 5.97 Å². The van der Waals surface area contributed by atoms with Gasteiger partial charge in [-0.2, -0.15) is 0 Å². The van der Waals surface area contributed by atoms with Crippen molar-refractivity contribution in [1.82, 2.24) is 9.97 Å². The molecule has 2 atom stereocenters. The van der Waals surface area contributed by atoms with Crippen LogP contribution in [-0.4, -0.2) is 21.0 Å². The molecule has 0 aliphatic rings. The normalized spacial score (nSPS) is 14.2. The third-order valence-electron chi connectivity index (χ3n) is 3.73. The van der Waals surface area contributed by atoms with Crippen molar-refractivity contribution in [2.45, 2.75) is 46.0 Å². The van der Waals surface area contributed by atoms with Gasteiger partial charge in [-0.15, -0.1) is 11.3 Å². The van der Waals surface area contributed by atoms with Gasteiger partial charge in [0.1, 0.15) is 10.7 Å². The molecule has 6 heteroatoms. The summed E-state index contributed by atoms with van der Waals surface area (Å²) in [5, 5.41) is 11.5. The number of carbonyl (C=O) groups is 1. The van der Waals surface area contributed by atoms with Crippen molar-refractivity contribution in [3.63, 3.8) is 0 Å². The van der Waals surface area contributed by atoms with Crippen LogP contribution in [0.4, 0.5) is 0 Å². The highest BCUT2D eigenvalue weighted by Gasteiger charge is 2.16. The van der Waals surface area contributed by atoms with Gasteiger partial charge in [-0.25, -0.2) is 4.98 Å². The van der Waals surface area contributed by atoms with Crippen molar-refractivity contribution >= 4 is 27.5 Å². The van der Waals surface area contributed by atoms with Gasteiger partial charge in [-0.05, 0) is 29.2 Å². The topological polar surface area (TPSA) is 83.0 Å². The maximum Gasteiger partial charge on any atom is 0.303 e. The minimum absolute atomic E-state index is 0.0582. The number of nitrogens with zero attached hydrogens (tertiary/aromatic N) is 1. The van der Waals surface area contributed by atoms with Crippen LogP contribution < -0.4 is 5.56 Å². The van der Waals surface area contributed by atoms with Crippen LogP contribution in [0.1, 0.15) is 50.9 Å². The Bertz CT molecular complexity index is 704. The third-order valence-corrected chi connectivity index (χ3v) is 4.62. The maximum atomic E-state index is 12.3. The monoisotopic (exact) mass is 308 g/mol. The summed E-state index contributed by atoms with van der Waals surface area (Å²) in [6.07, 6.45) is 1.51. The van der Waals surface area contributed by atoms with E-state index in [9.17, 15) is 9.59 Å². The van der Waals surface area contributed by atoms with Crippen molar-refractivity contribution in [1.29, 1.82) is 0 Å². The first-order chi connectivity index (χ1) is 9.92. The summed E-state index contributed by atoms with van der Waals surface area (Å²) in [4.78, 5) is 31.0. The van der Waals surface area contributed by atoms with Crippen molar-refractivity contribution < 1.29 is 9.90 Å². The first-order valence-corrected chi connectivity index (χ1v) is 8.02. The molecule has 5 nitrogen and oxygen atoms in total. The summed E-state index contributed by atoms with van der Waals surface area (Å²) in [5.41, 5.74) is 0.936. The fourth-order valence-electron chi connectivity index (χ4n) is 2.39.